The lowest BCUT2D eigenvalue weighted by molar-refractivity contribution is -0.745. The minimum Gasteiger partial charge on any atom is -0.856 e. The van der Waals surface area contributed by atoms with Crippen molar-refractivity contribution in [3.8, 4) is 5.88 Å². The van der Waals surface area contributed by atoms with Crippen LogP contribution in [0.2, 0.25) is 0 Å². The summed E-state index contributed by atoms with van der Waals surface area (Å²) in [7, 11) is -14.2. The van der Waals surface area contributed by atoms with Gasteiger partial charge in [-0.2, -0.15) is 0 Å². The second-order valence-corrected chi connectivity index (χ2v) is 12.6. The summed E-state index contributed by atoms with van der Waals surface area (Å²) >= 11 is 0. The van der Waals surface area contributed by atoms with Crippen LogP contribution < -0.4 is 15.4 Å². The van der Waals surface area contributed by atoms with Crippen molar-refractivity contribution in [3.05, 3.63) is 6.33 Å². The van der Waals surface area contributed by atoms with E-state index in [1.807, 2.05) is 0 Å². The molecule has 21 heteroatoms. The summed E-state index contributed by atoms with van der Waals surface area (Å²) in [6.07, 6.45) is -4.92. The number of rotatable bonds is 8. The molecular formula is C12H20N5O13P3. The van der Waals surface area contributed by atoms with Gasteiger partial charge in [0.2, 0.25) is 6.23 Å². The number of aliphatic hydroxyl groups is 2. The van der Waals surface area contributed by atoms with Crippen LogP contribution in [-0.2, 0) is 34.3 Å². The number of fused-ring (bicyclic) bond motifs is 1. The molecule has 18 nitrogen and oxygen atoms in total. The van der Waals surface area contributed by atoms with Gasteiger partial charge in [-0.1, -0.05) is 4.98 Å². The third kappa shape index (κ3) is 5.95. The van der Waals surface area contributed by atoms with Crippen molar-refractivity contribution >= 4 is 40.1 Å². The molecule has 1 fully saturated rings. The predicted octanol–water partition coefficient (Wildman–Crippen LogP) is -3.01. The van der Waals surface area contributed by atoms with Crippen molar-refractivity contribution < 1.29 is 66.7 Å². The molecule has 1 aliphatic heterocycles. The van der Waals surface area contributed by atoms with Gasteiger partial charge in [0.15, 0.2) is 17.7 Å². The first-order chi connectivity index (χ1) is 15.0. The number of anilines is 1. The molecule has 2 aromatic heterocycles. The molecule has 6 atom stereocenters. The summed E-state index contributed by atoms with van der Waals surface area (Å²) in [6, 6.07) is 0. The van der Waals surface area contributed by atoms with Crippen molar-refractivity contribution in [1.29, 1.82) is 0 Å². The van der Waals surface area contributed by atoms with Crippen LogP contribution in [0.25, 0.3) is 11.2 Å². The van der Waals surface area contributed by atoms with E-state index in [4.69, 9.17) is 20.3 Å². The molecule has 186 valence electrons. The summed E-state index contributed by atoms with van der Waals surface area (Å²) in [6.45, 7) is -0.951. The molecule has 0 radical (unpaired) electrons. The fourth-order valence-corrected chi connectivity index (χ4v) is 7.47. The highest BCUT2D eigenvalue weighted by Crippen LogP contribution is 2.65. The molecule has 3 heterocycles. The third-order valence-electron chi connectivity index (χ3n) is 4.35. The summed E-state index contributed by atoms with van der Waals surface area (Å²) in [5, 5.41) is 32.7. The Balaban J connectivity index is 1.75. The van der Waals surface area contributed by atoms with Crippen LogP contribution in [0.4, 0.5) is 5.95 Å². The zero-order valence-corrected chi connectivity index (χ0v) is 19.2. The maximum Gasteiger partial charge on any atom is 0.479 e. The Morgan fingerprint density at radius 2 is 1.85 bits per heavy atom. The Kier molecular flexibility index (Phi) is 7.06. The summed E-state index contributed by atoms with van der Waals surface area (Å²) < 4.78 is 50.8. The van der Waals surface area contributed by atoms with Gasteiger partial charge < -0.3 is 45.4 Å². The number of nitrogens with two attached hydrogens (primary N) is 1. The van der Waals surface area contributed by atoms with Crippen LogP contribution in [-0.4, -0.2) is 75.1 Å². The van der Waals surface area contributed by atoms with Crippen molar-refractivity contribution in [1.82, 2.24) is 14.5 Å². The average Bonchev–Trinajstić information content (AvgIpc) is 3.07. The Morgan fingerprint density at radius 1 is 1.21 bits per heavy atom. The van der Waals surface area contributed by atoms with E-state index in [2.05, 4.69) is 18.8 Å². The Hall–Kier alpha value is -1.52. The first kappa shape index (κ1) is 26.1. The molecule has 0 bridgehead atoms. The number of imidazole rings is 1. The number of aromatic nitrogens is 4. The van der Waals surface area contributed by atoms with Crippen molar-refractivity contribution in [2.24, 2.45) is 7.05 Å². The molecular weight excluding hydrogens is 515 g/mol. The largest absolute Gasteiger partial charge is 0.856 e. The molecule has 1 saturated heterocycles. The Morgan fingerprint density at radius 3 is 2.45 bits per heavy atom. The first-order valence-electron chi connectivity index (χ1n) is 8.77. The molecule has 3 rings (SSSR count). The lowest BCUT2D eigenvalue weighted by Gasteiger charge is -2.19. The minimum absolute atomic E-state index is 0.00574. The van der Waals surface area contributed by atoms with Crippen molar-refractivity contribution in [3.63, 3.8) is 0 Å². The van der Waals surface area contributed by atoms with E-state index in [1.165, 1.54) is 22.5 Å². The quantitative estimate of drug-likeness (QED) is 0.131. The van der Waals surface area contributed by atoms with Crippen LogP contribution >= 0.6 is 23.0 Å². The molecule has 1 aliphatic rings. The lowest BCUT2D eigenvalue weighted by Crippen LogP contribution is -2.46. The van der Waals surface area contributed by atoms with Gasteiger partial charge >= 0.3 is 28.7 Å². The van der Waals surface area contributed by atoms with Crippen molar-refractivity contribution in [2.75, 3.05) is 18.2 Å². The van der Waals surface area contributed by atoms with Crippen molar-refractivity contribution in [2.45, 2.75) is 24.5 Å². The van der Waals surface area contributed by atoms with E-state index in [-0.39, 0.29) is 17.1 Å². The van der Waals surface area contributed by atoms with E-state index in [1.54, 1.807) is 0 Å². The second-order valence-electron chi connectivity index (χ2n) is 7.03. The third-order valence-corrected chi connectivity index (χ3v) is 9.58. The van der Waals surface area contributed by atoms with Gasteiger partial charge in [-0.05, 0) is 0 Å². The smallest absolute Gasteiger partial charge is 0.479 e. The van der Waals surface area contributed by atoms with E-state index in [0.29, 0.717) is 0 Å². The lowest BCUT2D eigenvalue weighted by atomic mass is 10.1. The average molecular weight is 535 g/mol. The van der Waals surface area contributed by atoms with E-state index < -0.39 is 65.9 Å². The number of phosphoric acid groups is 1. The van der Waals surface area contributed by atoms with E-state index in [0.717, 1.165) is 0 Å². The van der Waals surface area contributed by atoms with Gasteiger partial charge in [-0.25, -0.2) is 18.4 Å². The molecule has 2 unspecified atom stereocenters. The van der Waals surface area contributed by atoms with Crippen LogP contribution in [0.1, 0.15) is 6.23 Å². The number of hydrogen-bond donors (Lipinski definition) is 7. The summed E-state index contributed by atoms with van der Waals surface area (Å²) in [4.78, 5) is 43.8. The number of nitrogens with zero attached hydrogens (tertiary/aromatic N) is 4. The fourth-order valence-electron chi connectivity index (χ4n) is 3.12. The predicted molar refractivity (Wildman–Crippen MR) is 102 cm³/mol. The first-order valence-corrected chi connectivity index (χ1v) is 13.8. The number of aliphatic hydroxyl groups excluding tert-OH is 2. The number of hydrogen-bond acceptors (Lipinski definition) is 12. The van der Waals surface area contributed by atoms with E-state index in [9.17, 15) is 38.8 Å². The Bertz CT molecular complexity index is 1200. The van der Waals surface area contributed by atoms with Crippen LogP contribution in [0, 0.1) is 0 Å². The van der Waals surface area contributed by atoms with Crippen LogP contribution in [0.15, 0.2) is 6.33 Å². The Labute approximate surface area is 184 Å². The highest BCUT2D eigenvalue weighted by atomic mass is 31.3. The second kappa shape index (κ2) is 8.92. The van der Waals surface area contributed by atoms with Gasteiger partial charge in [0.1, 0.15) is 18.3 Å². The molecule has 8 N–H and O–H groups in total. The zero-order chi connectivity index (χ0) is 24.9. The van der Waals surface area contributed by atoms with Gasteiger partial charge in [-0.3, -0.25) is 18.2 Å². The monoisotopic (exact) mass is 535 g/mol. The number of aryl methyl sites for hydroxylation is 1. The van der Waals surface area contributed by atoms with Gasteiger partial charge in [0.25, 0.3) is 5.95 Å². The summed E-state index contributed by atoms with van der Waals surface area (Å²) in [5.74, 6) is -2.81. The maximum atomic E-state index is 12.1. The highest BCUT2D eigenvalue weighted by molar-refractivity contribution is 7.73. The van der Waals surface area contributed by atoms with Crippen LogP contribution in [0.3, 0.4) is 0 Å². The molecule has 0 saturated carbocycles. The maximum absolute atomic E-state index is 12.1. The minimum atomic E-state index is -5.36. The highest BCUT2D eigenvalue weighted by Gasteiger charge is 2.48. The standard InChI is InChI=1S/C12H20N5O13P3/c1-16-3-17(9-6(16)10(20)15-12(13)14-9)11-8(19)7(18)5(29-11)2-28-33(26,27)30-32(24,25)4-31(21,22)23/h3,5,7-8,11,18-19H,2,4H2,1H3,(H6-,13,14,15,20,21,22,23,24,25,26,27)/t5-,7-,8-,11-/m1/s1. The topological polar surface area (TPSA) is 284 Å². The number of ether oxygens (including phenoxy) is 1. The summed E-state index contributed by atoms with van der Waals surface area (Å²) in [5.41, 5.74) is 5.46. The van der Waals surface area contributed by atoms with Crippen LogP contribution in [0.5, 0.6) is 5.88 Å². The van der Waals surface area contributed by atoms with Gasteiger partial charge in [-0.15, -0.1) is 0 Å². The van der Waals surface area contributed by atoms with Gasteiger partial charge in [0.05, 0.1) is 13.7 Å². The van der Waals surface area contributed by atoms with Gasteiger partial charge in [0, 0.05) is 5.88 Å². The number of phosphoric ester groups is 1. The zero-order valence-electron chi connectivity index (χ0n) is 16.5. The molecule has 0 aromatic carbocycles. The fraction of sp³-hybridized carbons (Fsp3) is 0.583. The van der Waals surface area contributed by atoms with E-state index >= 15 is 0 Å². The number of nitrogen functional groups attached to an aromatic ring is 1. The SMILES string of the molecule is Cn1c[n+]([C@@H]2O[C@H](COP(=O)(O)OP(=O)(O)CP(=O)(O)O)[C@@H](O)[C@H]2O)c2nc(N)nc([O-])c21. The molecule has 2 aromatic rings. The molecule has 0 spiro atoms. The molecule has 33 heavy (non-hydrogen) atoms. The molecule has 0 aliphatic carbocycles. The molecule has 0 amide bonds. The normalized spacial score (nSPS) is 27.5.